The first kappa shape index (κ1) is 24.8. The van der Waals surface area contributed by atoms with E-state index in [0.29, 0.717) is 12.0 Å². The summed E-state index contributed by atoms with van der Waals surface area (Å²) in [5.41, 5.74) is 1.16. The largest absolute Gasteiger partial charge is 0.497 e. The third kappa shape index (κ3) is 7.08. The van der Waals surface area contributed by atoms with Crippen molar-refractivity contribution in [3.05, 3.63) is 18.2 Å². The van der Waals surface area contributed by atoms with E-state index < -0.39 is 0 Å². The number of likely N-dealkylation sites (tertiary alicyclic amines) is 1. The second-order valence-electron chi connectivity index (χ2n) is 8.20. The lowest BCUT2D eigenvalue weighted by molar-refractivity contribution is 0.210. The van der Waals surface area contributed by atoms with Gasteiger partial charge in [0.1, 0.15) is 11.5 Å². The summed E-state index contributed by atoms with van der Waals surface area (Å²) in [7, 11) is 7.46. The number of benzene rings is 1. The minimum absolute atomic E-state index is 0. The average Bonchev–Trinajstić information content (AvgIpc) is 2.76. The predicted molar refractivity (Wildman–Crippen MR) is 135 cm³/mol. The number of hydrogen-bond acceptors (Lipinski definition) is 5. The highest BCUT2D eigenvalue weighted by Gasteiger charge is 2.22. The molecule has 2 aliphatic rings. The van der Waals surface area contributed by atoms with Crippen molar-refractivity contribution >= 4 is 35.6 Å². The fourth-order valence-electron chi connectivity index (χ4n) is 4.33. The van der Waals surface area contributed by atoms with Crippen molar-refractivity contribution in [1.82, 2.24) is 15.5 Å². The molecule has 3 rings (SSSR count). The van der Waals surface area contributed by atoms with Gasteiger partial charge in [-0.1, -0.05) is 0 Å². The first-order chi connectivity index (χ1) is 14.1. The molecule has 0 aliphatic carbocycles. The van der Waals surface area contributed by atoms with Crippen LogP contribution in [-0.4, -0.2) is 77.9 Å². The molecule has 2 fully saturated rings. The highest BCUT2D eigenvalue weighted by Crippen LogP contribution is 2.30. The first-order valence-electron chi connectivity index (χ1n) is 10.7. The molecule has 30 heavy (non-hydrogen) atoms. The minimum Gasteiger partial charge on any atom is -0.497 e. The number of halogens is 1. The maximum absolute atomic E-state index is 5.41. The van der Waals surface area contributed by atoms with Gasteiger partial charge in [-0.3, -0.25) is 4.99 Å². The summed E-state index contributed by atoms with van der Waals surface area (Å²) in [6.07, 6.45) is 4.75. The van der Waals surface area contributed by atoms with E-state index >= 15 is 0 Å². The molecule has 1 aromatic rings. The maximum atomic E-state index is 5.41. The van der Waals surface area contributed by atoms with E-state index in [4.69, 9.17) is 9.47 Å². The molecule has 0 bridgehead atoms. The van der Waals surface area contributed by atoms with Gasteiger partial charge in [0.15, 0.2) is 5.96 Å². The van der Waals surface area contributed by atoms with Crippen molar-refractivity contribution < 1.29 is 9.47 Å². The molecule has 2 N–H and O–H groups in total. The third-order valence-corrected chi connectivity index (χ3v) is 6.04. The van der Waals surface area contributed by atoms with Crippen molar-refractivity contribution in [3.63, 3.8) is 0 Å². The highest BCUT2D eigenvalue weighted by atomic mass is 127. The number of ether oxygens (including phenoxy) is 2. The number of anilines is 1. The van der Waals surface area contributed by atoms with Gasteiger partial charge in [-0.15, -0.1) is 24.0 Å². The van der Waals surface area contributed by atoms with Crippen molar-refractivity contribution in [2.75, 3.05) is 65.9 Å². The number of guanidine groups is 1. The normalized spacial score (nSPS) is 21.0. The molecule has 0 amide bonds. The number of nitrogens with one attached hydrogen (secondary N) is 2. The molecule has 1 unspecified atom stereocenters. The first-order valence-corrected chi connectivity index (χ1v) is 10.7. The van der Waals surface area contributed by atoms with Crippen LogP contribution in [0.1, 0.15) is 25.7 Å². The Hall–Kier alpha value is -1.42. The molecule has 0 saturated carbocycles. The van der Waals surface area contributed by atoms with Gasteiger partial charge < -0.3 is 29.9 Å². The van der Waals surface area contributed by atoms with Gasteiger partial charge >= 0.3 is 0 Å². The number of hydrogen-bond donors (Lipinski definition) is 2. The predicted octanol–water partition coefficient (Wildman–Crippen LogP) is 2.80. The van der Waals surface area contributed by atoms with Crippen LogP contribution in [0.4, 0.5) is 5.69 Å². The lowest BCUT2D eigenvalue weighted by atomic mass is 9.98. The zero-order valence-corrected chi connectivity index (χ0v) is 21.1. The molecular formula is C22H38IN5O2. The Morgan fingerprint density at radius 1 is 1.07 bits per heavy atom. The van der Waals surface area contributed by atoms with Crippen LogP contribution in [0.25, 0.3) is 0 Å². The van der Waals surface area contributed by atoms with Crippen molar-refractivity contribution in [2.24, 2.45) is 10.9 Å². The van der Waals surface area contributed by atoms with E-state index in [-0.39, 0.29) is 24.0 Å². The molecule has 2 saturated heterocycles. The molecule has 0 spiro atoms. The summed E-state index contributed by atoms with van der Waals surface area (Å²) >= 11 is 0. The summed E-state index contributed by atoms with van der Waals surface area (Å²) in [6.45, 7) is 5.39. The van der Waals surface area contributed by atoms with E-state index in [9.17, 15) is 0 Å². The van der Waals surface area contributed by atoms with Crippen LogP contribution in [-0.2, 0) is 0 Å². The fraction of sp³-hybridized carbons (Fsp3) is 0.682. The topological polar surface area (TPSA) is 61.4 Å². The second-order valence-corrected chi connectivity index (χ2v) is 8.20. The molecule has 1 aromatic carbocycles. The fourth-order valence-corrected chi connectivity index (χ4v) is 4.33. The number of piperidine rings is 2. The van der Waals surface area contributed by atoms with E-state index in [0.717, 1.165) is 55.6 Å². The summed E-state index contributed by atoms with van der Waals surface area (Å²) < 4.78 is 10.8. The van der Waals surface area contributed by atoms with Crippen LogP contribution in [0.3, 0.4) is 0 Å². The van der Waals surface area contributed by atoms with Crippen LogP contribution in [0.2, 0.25) is 0 Å². The zero-order valence-electron chi connectivity index (χ0n) is 18.8. The van der Waals surface area contributed by atoms with Gasteiger partial charge in [-0.25, -0.2) is 0 Å². The Bertz CT molecular complexity index is 657. The Labute approximate surface area is 198 Å². The van der Waals surface area contributed by atoms with Crippen LogP contribution in [0, 0.1) is 5.92 Å². The lowest BCUT2D eigenvalue weighted by Crippen LogP contribution is -2.50. The lowest BCUT2D eigenvalue weighted by Gasteiger charge is -2.35. The summed E-state index contributed by atoms with van der Waals surface area (Å²) in [5, 5.41) is 7.17. The quantitative estimate of drug-likeness (QED) is 0.335. The van der Waals surface area contributed by atoms with E-state index in [1.54, 1.807) is 14.2 Å². The van der Waals surface area contributed by atoms with Crippen molar-refractivity contribution in [1.29, 1.82) is 0 Å². The Morgan fingerprint density at radius 3 is 2.30 bits per heavy atom. The van der Waals surface area contributed by atoms with E-state index in [1.807, 2.05) is 13.1 Å². The maximum Gasteiger partial charge on any atom is 0.191 e. The summed E-state index contributed by atoms with van der Waals surface area (Å²) in [6, 6.07) is 6.52. The minimum atomic E-state index is 0. The van der Waals surface area contributed by atoms with Crippen molar-refractivity contribution in [2.45, 2.75) is 31.7 Å². The molecule has 0 aromatic heterocycles. The Balaban J connectivity index is 0.00000320. The van der Waals surface area contributed by atoms with Gasteiger partial charge in [0.25, 0.3) is 0 Å². The highest BCUT2D eigenvalue weighted by molar-refractivity contribution is 14.0. The van der Waals surface area contributed by atoms with Crippen molar-refractivity contribution in [3.8, 4) is 11.5 Å². The number of nitrogens with zero attached hydrogens (tertiary/aromatic N) is 3. The summed E-state index contributed by atoms with van der Waals surface area (Å²) in [4.78, 5) is 9.27. The van der Waals surface area contributed by atoms with Gasteiger partial charge in [0, 0.05) is 63.2 Å². The molecule has 1 atom stereocenters. The summed E-state index contributed by atoms with van der Waals surface area (Å²) in [5.74, 6) is 3.30. The monoisotopic (exact) mass is 531 g/mol. The SMILES string of the molecule is CN=C(NCC1CCCN(C)C1)NC1CCN(c2cc(OC)cc(OC)c2)CC1.I. The molecule has 0 radical (unpaired) electrons. The van der Waals surface area contributed by atoms with Gasteiger partial charge in [-0.2, -0.15) is 0 Å². The van der Waals surface area contributed by atoms with E-state index in [1.165, 1.54) is 25.9 Å². The molecule has 8 heteroatoms. The third-order valence-electron chi connectivity index (χ3n) is 6.04. The van der Waals surface area contributed by atoms with E-state index in [2.05, 4.69) is 44.6 Å². The molecule has 2 aliphatic heterocycles. The van der Waals surface area contributed by atoms with Crippen LogP contribution < -0.4 is 25.0 Å². The average molecular weight is 531 g/mol. The van der Waals surface area contributed by atoms with Crippen LogP contribution >= 0.6 is 24.0 Å². The molecule has 2 heterocycles. The Morgan fingerprint density at radius 2 is 1.73 bits per heavy atom. The number of rotatable bonds is 6. The second kappa shape index (κ2) is 12.4. The smallest absolute Gasteiger partial charge is 0.191 e. The van der Waals surface area contributed by atoms with Gasteiger partial charge in [0.2, 0.25) is 0 Å². The zero-order chi connectivity index (χ0) is 20.6. The standard InChI is InChI=1S/C22H37N5O2.HI/c1-23-22(24-15-17-6-5-9-26(2)16-17)25-18-7-10-27(11-8-18)19-12-20(28-3)14-21(13-19)29-4;/h12-14,17-18H,5-11,15-16H2,1-4H3,(H2,23,24,25);1H. The number of methoxy groups -OCH3 is 2. The van der Waals surface area contributed by atoms with Gasteiger partial charge in [-0.05, 0) is 45.2 Å². The molecule has 7 nitrogen and oxygen atoms in total. The molecule has 170 valence electrons. The Kier molecular flexibility index (Phi) is 10.3. The van der Waals surface area contributed by atoms with Gasteiger partial charge in [0.05, 0.1) is 14.2 Å². The number of aliphatic imine (C=N–C) groups is 1. The van der Waals surface area contributed by atoms with Crippen LogP contribution in [0.15, 0.2) is 23.2 Å². The van der Waals surface area contributed by atoms with Crippen LogP contribution in [0.5, 0.6) is 11.5 Å². The molecular weight excluding hydrogens is 493 g/mol.